The number of hydrogen-bond acceptors (Lipinski definition) is 6. The van der Waals surface area contributed by atoms with Crippen LogP contribution >= 0.6 is 0 Å². The zero-order valence-electron chi connectivity index (χ0n) is 17.3. The molecule has 0 unspecified atom stereocenters. The number of carbonyl (C=O) groups is 3. The lowest BCUT2D eigenvalue weighted by Crippen LogP contribution is -2.26. The third-order valence-corrected chi connectivity index (χ3v) is 5.53. The van der Waals surface area contributed by atoms with E-state index in [9.17, 15) is 23.2 Å². The van der Waals surface area contributed by atoms with Crippen LogP contribution < -0.4 is 9.80 Å². The van der Waals surface area contributed by atoms with Gasteiger partial charge in [0.2, 0.25) is 5.91 Å². The number of cyclic esters (lactones) is 1. The number of methoxy groups -OCH3 is 1. The summed E-state index contributed by atoms with van der Waals surface area (Å²) in [5.74, 6) is -2.32. The van der Waals surface area contributed by atoms with E-state index in [1.165, 1.54) is 25.4 Å². The van der Waals surface area contributed by atoms with Crippen LogP contribution in [-0.4, -0.2) is 49.3 Å². The Labute approximate surface area is 182 Å². The van der Waals surface area contributed by atoms with Gasteiger partial charge in [0.15, 0.2) is 11.6 Å². The van der Waals surface area contributed by atoms with Gasteiger partial charge in [0.25, 0.3) is 0 Å². The van der Waals surface area contributed by atoms with Crippen LogP contribution in [0.2, 0.25) is 0 Å². The van der Waals surface area contributed by atoms with Gasteiger partial charge in [-0.1, -0.05) is 0 Å². The molecule has 0 spiro atoms. The fourth-order valence-electron chi connectivity index (χ4n) is 3.82. The Morgan fingerprint density at radius 1 is 1.19 bits per heavy atom. The van der Waals surface area contributed by atoms with Crippen LogP contribution in [0.4, 0.5) is 25.1 Å². The molecule has 0 aliphatic carbocycles. The molecule has 8 nitrogen and oxygen atoms in total. The van der Waals surface area contributed by atoms with Gasteiger partial charge < -0.3 is 9.47 Å². The molecule has 2 aliphatic heterocycles. The van der Waals surface area contributed by atoms with Crippen molar-refractivity contribution in [2.75, 3.05) is 30.0 Å². The number of anilines is 2. The van der Waals surface area contributed by atoms with Crippen molar-refractivity contribution in [3.05, 3.63) is 42.1 Å². The highest BCUT2D eigenvalue weighted by Crippen LogP contribution is 2.33. The largest absolute Gasteiger partial charge is 0.469 e. The fraction of sp³-hybridized carbons (Fsp3) is 0.364. The van der Waals surface area contributed by atoms with Crippen LogP contribution in [0.15, 0.2) is 30.5 Å². The first kappa shape index (κ1) is 21.7. The standard InChI is InChI=1S/C22H21F2N3O5/c1-31-19(29)9-5-14-12-27(22(30)32-14)16-7-6-15(20(23)21(16)24)13-4-8-17(25-11-13)26-10-2-3-18(26)28/h4,6-8,11,14H,2-3,5,9-10,12H2,1H3/t14-/m0/s1. The second kappa shape index (κ2) is 8.89. The van der Waals surface area contributed by atoms with Crippen molar-refractivity contribution in [1.29, 1.82) is 0 Å². The minimum Gasteiger partial charge on any atom is -0.469 e. The van der Waals surface area contributed by atoms with Gasteiger partial charge in [0, 0.05) is 36.7 Å². The number of pyridine rings is 1. The number of aromatic nitrogens is 1. The molecule has 1 aromatic carbocycles. The van der Waals surface area contributed by atoms with Gasteiger partial charge >= 0.3 is 12.1 Å². The molecule has 2 fully saturated rings. The summed E-state index contributed by atoms with van der Waals surface area (Å²) in [6.45, 7) is 0.571. The van der Waals surface area contributed by atoms with E-state index in [1.54, 1.807) is 17.0 Å². The second-order valence-electron chi connectivity index (χ2n) is 7.55. The fourth-order valence-corrected chi connectivity index (χ4v) is 3.82. The van der Waals surface area contributed by atoms with Gasteiger partial charge in [-0.3, -0.25) is 19.4 Å². The number of benzene rings is 1. The molecule has 3 heterocycles. The minimum absolute atomic E-state index is 0.00828. The number of amides is 2. The van der Waals surface area contributed by atoms with Crippen LogP contribution in [0.3, 0.4) is 0 Å². The number of rotatable bonds is 6. The summed E-state index contributed by atoms with van der Waals surface area (Å²) in [5.41, 5.74) is 0.0696. The lowest BCUT2D eigenvalue weighted by atomic mass is 10.1. The number of hydrogen-bond donors (Lipinski definition) is 0. The summed E-state index contributed by atoms with van der Waals surface area (Å²) in [5, 5.41) is 0. The van der Waals surface area contributed by atoms with Crippen LogP contribution in [0.25, 0.3) is 11.1 Å². The number of ether oxygens (including phenoxy) is 2. The summed E-state index contributed by atoms with van der Waals surface area (Å²) in [6, 6.07) is 5.82. The van der Waals surface area contributed by atoms with E-state index in [0.717, 1.165) is 11.3 Å². The van der Waals surface area contributed by atoms with Crippen molar-refractivity contribution in [3.8, 4) is 11.1 Å². The normalized spacial score (nSPS) is 18.3. The first-order valence-corrected chi connectivity index (χ1v) is 10.2. The highest BCUT2D eigenvalue weighted by molar-refractivity contribution is 5.94. The Balaban J connectivity index is 1.52. The number of esters is 1. The zero-order chi connectivity index (χ0) is 22.8. The summed E-state index contributed by atoms with van der Waals surface area (Å²) in [6.07, 6.45) is 1.42. The second-order valence-corrected chi connectivity index (χ2v) is 7.55. The predicted octanol–water partition coefficient (Wildman–Crippen LogP) is 3.43. The highest BCUT2D eigenvalue weighted by atomic mass is 19.2. The van der Waals surface area contributed by atoms with Gasteiger partial charge in [-0.05, 0) is 37.1 Å². The Hall–Kier alpha value is -3.56. The average molecular weight is 445 g/mol. The summed E-state index contributed by atoms with van der Waals surface area (Å²) in [7, 11) is 1.25. The molecule has 0 saturated carbocycles. The van der Waals surface area contributed by atoms with Crippen molar-refractivity contribution in [1.82, 2.24) is 4.98 Å². The van der Waals surface area contributed by atoms with E-state index in [2.05, 4.69) is 9.72 Å². The van der Waals surface area contributed by atoms with Gasteiger partial charge in [0.05, 0.1) is 19.3 Å². The van der Waals surface area contributed by atoms with E-state index in [4.69, 9.17) is 4.74 Å². The lowest BCUT2D eigenvalue weighted by molar-refractivity contribution is -0.141. The maximum Gasteiger partial charge on any atom is 0.414 e. The molecule has 32 heavy (non-hydrogen) atoms. The van der Waals surface area contributed by atoms with Gasteiger partial charge in [-0.2, -0.15) is 0 Å². The number of halogens is 2. The van der Waals surface area contributed by atoms with Crippen molar-refractivity contribution >= 4 is 29.5 Å². The number of carbonyl (C=O) groups excluding carboxylic acids is 3. The quantitative estimate of drug-likeness (QED) is 0.633. The molecule has 10 heteroatoms. The lowest BCUT2D eigenvalue weighted by Gasteiger charge is -2.17. The topological polar surface area (TPSA) is 89.0 Å². The maximum absolute atomic E-state index is 14.9. The Kier molecular flexibility index (Phi) is 6.02. The molecule has 1 atom stereocenters. The minimum atomic E-state index is -1.19. The summed E-state index contributed by atoms with van der Waals surface area (Å²) in [4.78, 5) is 42.1. The van der Waals surface area contributed by atoms with Gasteiger partial charge in [-0.15, -0.1) is 0 Å². The molecule has 2 amide bonds. The monoisotopic (exact) mass is 445 g/mol. The molecular weight excluding hydrogens is 424 g/mol. The smallest absolute Gasteiger partial charge is 0.414 e. The molecule has 1 aromatic heterocycles. The van der Waals surface area contributed by atoms with E-state index < -0.39 is 29.8 Å². The SMILES string of the molecule is COC(=O)CC[C@H]1CN(c2ccc(-c3ccc(N4CCCC4=O)nc3)c(F)c2F)C(=O)O1. The Bertz CT molecular complexity index is 1060. The molecule has 0 radical (unpaired) electrons. The highest BCUT2D eigenvalue weighted by Gasteiger charge is 2.35. The average Bonchev–Trinajstić information content (AvgIpc) is 3.39. The third kappa shape index (κ3) is 4.12. The van der Waals surface area contributed by atoms with E-state index >= 15 is 0 Å². The van der Waals surface area contributed by atoms with Gasteiger partial charge in [-0.25, -0.2) is 18.6 Å². The van der Waals surface area contributed by atoms with Crippen LogP contribution in [0.5, 0.6) is 0 Å². The molecule has 0 bridgehead atoms. The van der Waals surface area contributed by atoms with Gasteiger partial charge in [0.1, 0.15) is 11.9 Å². The molecule has 168 valence electrons. The molecule has 2 saturated heterocycles. The van der Waals surface area contributed by atoms with Crippen LogP contribution in [0.1, 0.15) is 25.7 Å². The molecular formula is C22H21F2N3O5. The molecule has 2 aliphatic rings. The maximum atomic E-state index is 14.9. The van der Waals surface area contributed by atoms with Crippen molar-refractivity contribution in [3.63, 3.8) is 0 Å². The predicted molar refractivity (Wildman–Crippen MR) is 110 cm³/mol. The van der Waals surface area contributed by atoms with Crippen molar-refractivity contribution in [2.24, 2.45) is 0 Å². The Morgan fingerprint density at radius 2 is 2.00 bits per heavy atom. The van der Waals surface area contributed by atoms with Crippen LogP contribution in [0, 0.1) is 11.6 Å². The number of nitrogens with zero attached hydrogens (tertiary/aromatic N) is 3. The summed E-state index contributed by atoms with van der Waals surface area (Å²) < 4.78 is 39.5. The van der Waals surface area contributed by atoms with Crippen LogP contribution in [-0.2, 0) is 19.1 Å². The molecule has 4 rings (SSSR count). The zero-order valence-corrected chi connectivity index (χ0v) is 17.3. The van der Waals surface area contributed by atoms with E-state index in [-0.39, 0.29) is 36.5 Å². The summed E-state index contributed by atoms with van der Waals surface area (Å²) >= 11 is 0. The first-order valence-electron chi connectivity index (χ1n) is 10.2. The Morgan fingerprint density at radius 3 is 2.66 bits per heavy atom. The van der Waals surface area contributed by atoms with Crippen molar-refractivity contribution < 1.29 is 32.6 Å². The third-order valence-electron chi connectivity index (χ3n) is 5.53. The van der Waals surface area contributed by atoms with E-state index in [0.29, 0.717) is 24.3 Å². The first-order chi connectivity index (χ1) is 15.4. The molecule has 0 N–H and O–H groups in total. The van der Waals surface area contributed by atoms with E-state index in [1.807, 2.05) is 0 Å². The van der Waals surface area contributed by atoms with Crippen molar-refractivity contribution in [2.45, 2.75) is 31.8 Å². The molecule has 2 aromatic rings.